The molecule has 0 saturated heterocycles. The summed E-state index contributed by atoms with van der Waals surface area (Å²) in [6.07, 6.45) is 6.74. The number of rotatable bonds is 6. The summed E-state index contributed by atoms with van der Waals surface area (Å²) in [5, 5.41) is 1.70. The SMILES string of the molecule is CSc1ncc(CP(Br)(c2ccccc2)(c2ccccc2)c2ccccc2)cn1. The molecule has 0 amide bonds. The number of hydrogen-bond acceptors (Lipinski definition) is 3. The number of thioether (sulfide) groups is 1. The molecule has 1 heterocycles. The van der Waals surface area contributed by atoms with Crippen LogP contribution >= 0.6 is 32.6 Å². The molecule has 0 radical (unpaired) electrons. The first kappa shape index (κ1) is 20.3. The zero-order chi connectivity index (χ0) is 20.2. The van der Waals surface area contributed by atoms with E-state index < -0.39 is 5.31 Å². The van der Waals surface area contributed by atoms with Crippen LogP contribution in [-0.2, 0) is 6.16 Å². The summed E-state index contributed by atoms with van der Waals surface area (Å²) in [5.74, 6) is 0. The van der Waals surface area contributed by atoms with Gasteiger partial charge in [0.1, 0.15) is 0 Å². The molecule has 3 aromatic carbocycles. The summed E-state index contributed by atoms with van der Waals surface area (Å²) in [4.78, 5) is 9.09. The van der Waals surface area contributed by atoms with Gasteiger partial charge in [-0.2, -0.15) is 0 Å². The molecule has 29 heavy (non-hydrogen) atoms. The Kier molecular flexibility index (Phi) is 5.87. The Morgan fingerprint density at radius 2 is 1.07 bits per heavy atom. The molecule has 0 atom stereocenters. The molecule has 4 aromatic rings. The van der Waals surface area contributed by atoms with Crippen molar-refractivity contribution in [3.8, 4) is 0 Å². The normalized spacial score (nSPS) is 12.8. The summed E-state index contributed by atoms with van der Waals surface area (Å²) >= 11 is 6.02. The van der Waals surface area contributed by atoms with Gasteiger partial charge in [0.25, 0.3) is 0 Å². The van der Waals surface area contributed by atoms with Crippen molar-refractivity contribution in [1.29, 1.82) is 0 Å². The molecule has 0 N–H and O–H groups in total. The van der Waals surface area contributed by atoms with Crippen molar-refractivity contribution in [2.45, 2.75) is 11.3 Å². The fourth-order valence-corrected chi connectivity index (χ4v) is 11.8. The van der Waals surface area contributed by atoms with Crippen LogP contribution < -0.4 is 15.9 Å². The van der Waals surface area contributed by atoms with Gasteiger partial charge < -0.3 is 0 Å². The first-order valence-electron chi connectivity index (χ1n) is 9.40. The molecule has 2 nitrogen and oxygen atoms in total. The average Bonchev–Trinajstić information content (AvgIpc) is 2.81. The predicted octanol–water partition coefficient (Wildman–Crippen LogP) is 5.54. The maximum absolute atomic E-state index is 4.55. The molecule has 0 bridgehead atoms. The molecule has 0 aliphatic heterocycles. The summed E-state index contributed by atoms with van der Waals surface area (Å²) in [6, 6.07) is 32.4. The molecule has 0 aliphatic carbocycles. The second kappa shape index (κ2) is 8.39. The molecule has 0 saturated carbocycles. The van der Waals surface area contributed by atoms with Crippen LogP contribution in [0, 0.1) is 0 Å². The molecule has 0 spiro atoms. The fraction of sp³-hybridized carbons (Fsp3) is 0.0833. The Balaban J connectivity index is 2.03. The summed E-state index contributed by atoms with van der Waals surface area (Å²) in [7, 11) is 0. The van der Waals surface area contributed by atoms with Gasteiger partial charge in [0.05, 0.1) is 0 Å². The Bertz CT molecular complexity index is 975. The van der Waals surface area contributed by atoms with Gasteiger partial charge in [0, 0.05) is 0 Å². The first-order chi connectivity index (χ1) is 14.1. The number of benzene rings is 3. The van der Waals surface area contributed by atoms with Crippen molar-refractivity contribution < 1.29 is 0 Å². The quantitative estimate of drug-likeness (QED) is 0.206. The van der Waals surface area contributed by atoms with Crippen LogP contribution in [0.1, 0.15) is 5.56 Å². The Hall–Kier alpha value is -2.00. The Morgan fingerprint density at radius 1 is 0.690 bits per heavy atom. The second-order valence-electron chi connectivity index (χ2n) is 6.93. The molecule has 0 unspecified atom stereocenters. The Morgan fingerprint density at radius 3 is 1.41 bits per heavy atom. The second-order valence-corrected chi connectivity index (χ2v) is 16.6. The van der Waals surface area contributed by atoms with E-state index >= 15 is 0 Å². The van der Waals surface area contributed by atoms with Gasteiger partial charge in [-0.3, -0.25) is 0 Å². The molecule has 4 rings (SSSR count). The van der Waals surface area contributed by atoms with Crippen LogP contribution in [0.5, 0.6) is 0 Å². The van der Waals surface area contributed by atoms with Crippen molar-refractivity contribution in [3.63, 3.8) is 0 Å². The van der Waals surface area contributed by atoms with Gasteiger partial charge >= 0.3 is 185 Å². The number of halogens is 1. The van der Waals surface area contributed by atoms with Crippen molar-refractivity contribution >= 4 is 48.5 Å². The third-order valence-electron chi connectivity index (χ3n) is 5.23. The van der Waals surface area contributed by atoms with E-state index in [0.717, 1.165) is 16.9 Å². The minimum absolute atomic E-state index is 0.794. The summed E-state index contributed by atoms with van der Waals surface area (Å²) in [6.45, 7) is 0. The number of hydrogen-bond donors (Lipinski definition) is 0. The minimum atomic E-state index is -2.98. The van der Waals surface area contributed by atoms with Gasteiger partial charge in [-0.05, 0) is 0 Å². The summed E-state index contributed by atoms with van der Waals surface area (Å²) in [5.41, 5.74) is 1.12. The molecule has 1 aromatic heterocycles. The maximum atomic E-state index is 4.55. The van der Waals surface area contributed by atoms with E-state index in [4.69, 9.17) is 0 Å². The third-order valence-corrected chi connectivity index (χ3v) is 15.3. The van der Waals surface area contributed by atoms with Gasteiger partial charge in [-0.15, -0.1) is 0 Å². The van der Waals surface area contributed by atoms with Gasteiger partial charge in [0.15, 0.2) is 0 Å². The molecular weight excluding hydrogens is 459 g/mol. The zero-order valence-corrected chi connectivity index (χ0v) is 19.4. The Labute approximate surface area is 184 Å². The fourth-order valence-electron chi connectivity index (χ4n) is 3.81. The van der Waals surface area contributed by atoms with Crippen LogP contribution in [0.4, 0.5) is 0 Å². The monoisotopic (exact) mass is 480 g/mol. The average molecular weight is 481 g/mol. The van der Waals surface area contributed by atoms with Gasteiger partial charge in [0.2, 0.25) is 0 Å². The molecule has 0 fully saturated rings. The van der Waals surface area contributed by atoms with Crippen molar-refractivity contribution in [3.05, 3.63) is 109 Å². The van der Waals surface area contributed by atoms with Crippen molar-refractivity contribution in [2.24, 2.45) is 0 Å². The number of nitrogens with zero attached hydrogens (tertiary/aromatic N) is 2. The standard InChI is InChI=1S/C24H22BrN2PS/c1-29-24-26-17-20(18-27-24)19-28(25,21-11-5-2-6-12-21,22-13-7-3-8-14-22)23-15-9-4-10-16-23/h2-18H,19H2,1H3. The van der Waals surface area contributed by atoms with Crippen molar-refractivity contribution in [1.82, 2.24) is 9.97 Å². The zero-order valence-electron chi connectivity index (χ0n) is 16.1. The van der Waals surface area contributed by atoms with Crippen LogP contribution in [-0.4, -0.2) is 16.2 Å². The van der Waals surface area contributed by atoms with Crippen LogP contribution in [0.3, 0.4) is 0 Å². The van der Waals surface area contributed by atoms with E-state index in [2.05, 4.69) is 116 Å². The van der Waals surface area contributed by atoms with Crippen LogP contribution in [0.2, 0.25) is 0 Å². The van der Waals surface area contributed by atoms with E-state index in [1.807, 2.05) is 18.6 Å². The molecule has 146 valence electrons. The van der Waals surface area contributed by atoms with E-state index in [0.29, 0.717) is 0 Å². The molecular formula is C24H22BrN2PS. The third kappa shape index (κ3) is 3.66. The first-order valence-corrected chi connectivity index (χ1v) is 15.1. The van der Waals surface area contributed by atoms with Crippen LogP contribution in [0.15, 0.2) is 109 Å². The summed E-state index contributed by atoms with van der Waals surface area (Å²) < 4.78 is 0. The topological polar surface area (TPSA) is 25.8 Å². The predicted molar refractivity (Wildman–Crippen MR) is 132 cm³/mol. The number of aromatic nitrogens is 2. The van der Waals surface area contributed by atoms with Gasteiger partial charge in [-0.25, -0.2) is 0 Å². The van der Waals surface area contributed by atoms with E-state index in [1.54, 1.807) is 11.8 Å². The van der Waals surface area contributed by atoms with Crippen LogP contribution in [0.25, 0.3) is 0 Å². The molecule has 5 heteroatoms. The molecule has 0 aliphatic rings. The van der Waals surface area contributed by atoms with E-state index in [1.165, 1.54) is 15.9 Å². The van der Waals surface area contributed by atoms with E-state index in [-0.39, 0.29) is 0 Å². The van der Waals surface area contributed by atoms with Gasteiger partial charge in [-0.1, -0.05) is 0 Å². The van der Waals surface area contributed by atoms with Crippen molar-refractivity contribution in [2.75, 3.05) is 6.26 Å². The van der Waals surface area contributed by atoms with E-state index in [9.17, 15) is 0 Å².